The number of carbonyl (C=O) groups excluding carboxylic acids is 1. The minimum atomic E-state index is -0.197. The van der Waals surface area contributed by atoms with E-state index in [1.807, 2.05) is 55.9 Å². The van der Waals surface area contributed by atoms with Gasteiger partial charge in [0.15, 0.2) is 0 Å². The van der Waals surface area contributed by atoms with E-state index < -0.39 is 0 Å². The predicted molar refractivity (Wildman–Crippen MR) is 151 cm³/mol. The van der Waals surface area contributed by atoms with E-state index in [1.165, 1.54) is 0 Å². The number of amides is 1. The fraction of sp³-hybridized carbons (Fsp3) is 0.567. The van der Waals surface area contributed by atoms with Gasteiger partial charge in [0, 0.05) is 77.2 Å². The van der Waals surface area contributed by atoms with Crippen LogP contribution >= 0.6 is 0 Å². The molecule has 1 spiro atoms. The van der Waals surface area contributed by atoms with Crippen LogP contribution in [0, 0.1) is 5.92 Å². The Morgan fingerprint density at radius 2 is 1.56 bits per heavy atom. The molecule has 39 heavy (non-hydrogen) atoms. The molecule has 9 nitrogen and oxygen atoms in total. The first-order chi connectivity index (χ1) is 18.8. The molecule has 2 aliphatic heterocycles. The molecule has 9 heteroatoms. The van der Waals surface area contributed by atoms with Crippen molar-refractivity contribution in [2.24, 2.45) is 20.0 Å². The zero-order valence-electron chi connectivity index (χ0n) is 23.9. The molecule has 0 radical (unpaired) electrons. The smallest absolute Gasteiger partial charge is 0.254 e. The van der Waals surface area contributed by atoms with Crippen molar-refractivity contribution in [3.05, 3.63) is 71.8 Å². The highest BCUT2D eigenvalue weighted by Gasteiger charge is 2.41. The summed E-state index contributed by atoms with van der Waals surface area (Å²) in [6.07, 6.45) is 9.59. The Morgan fingerprint density at radius 3 is 2.10 bits per heavy atom. The maximum Gasteiger partial charge on any atom is 0.254 e. The van der Waals surface area contributed by atoms with E-state index in [4.69, 9.17) is 4.74 Å². The molecule has 4 heterocycles. The number of ether oxygens (including phenoxy) is 1. The third kappa shape index (κ3) is 6.77. The number of aryl methyl sites for hydroxylation is 2. The van der Waals surface area contributed by atoms with Crippen molar-refractivity contribution in [1.82, 2.24) is 33.8 Å². The van der Waals surface area contributed by atoms with Crippen LogP contribution in [0.2, 0.25) is 0 Å². The molecule has 5 rings (SSSR count). The minimum absolute atomic E-state index is 0.103. The van der Waals surface area contributed by atoms with Crippen LogP contribution in [0.15, 0.2) is 49.1 Å². The summed E-state index contributed by atoms with van der Waals surface area (Å²) >= 11 is 0. The molecule has 2 aromatic heterocycles. The van der Waals surface area contributed by atoms with Gasteiger partial charge in [0.05, 0.1) is 31.8 Å². The molecule has 1 aromatic carbocycles. The number of carbonyl (C=O) groups is 1. The van der Waals surface area contributed by atoms with E-state index in [2.05, 4.69) is 54.9 Å². The van der Waals surface area contributed by atoms with Gasteiger partial charge in [0.2, 0.25) is 0 Å². The predicted octanol–water partition coefficient (Wildman–Crippen LogP) is 3.32. The Kier molecular flexibility index (Phi) is 8.49. The molecule has 1 amide bonds. The van der Waals surface area contributed by atoms with Gasteiger partial charge in [-0.05, 0) is 36.5 Å². The van der Waals surface area contributed by atoms with Crippen molar-refractivity contribution in [3.8, 4) is 0 Å². The van der Waals surface area contributed by atoms with Crippen LogP contribution in [0.3, 0.4) is 0 Å². The Labute approximate surface area is 232 Å². The molecule has 0 aliphatic carbocycles. The second-order valence-electron chi connectivity index (χ2n) is 11.7. The summed E-state index contributed by atoms with van der Waals surface area (Å²) in [5.41, 5.74) is 1.70. The van der Waals surface area contributed by atoms with E-state index in [1.54, 1.807) is 0 Å². The number of hydrogen-bond acceptors (Lipinski definition) is 6. The number of morpholine rings is 1. The van der Waals surface area contributed by atoms with Gasteiger partial charge in [-0.3, -0.25) is 9.69 Å². The molecule has 3 aromatic rings. The molecule has 0 unspecified atom stereocenters. The van der Waals surface area contributed by atoms with Crippen LogP contribution in [0.1, 0.15) is 54.3 Å². The van der Waals surface area contributed by atoms with Crippen LogP contribution in [0.4, 0.5) is 0 Å². The average Bonchev–Trinajstić information content (AvgIpc) is 3.52. The molecule has 0 bridgehead atoms. The topological polar surface area (TPSA) is 71.7 Å². The molecular formula is C30H43N7O2. The summed E-state index contributed by atoms with van der Waals surface area (Å²) < 4.78 is 10.4. The number of nitrogens with zero attached hydrogens (tertiary/aromatic N) is 7. The van der Waals surface area contributed by atoms with Crippen molar-refractivity contribution >= 4 is 5.91 Å². The fourth-order valence-electron chi connectivity index (χ4n) is 5.84. The molecule has 2 aliphatic rings. The second-order valence-corrected chi connectivity index (χ2v) is 11.7. The van der Waals surface area contributed by atoms with Crippen LogP contribution in [-0.4, -0.2) is 84.6 Å². The summed E-state index contributed by atoms with van der Waals surface area (Å²) in [7, 11) is 4.04. The van der Waals surface area contributed by atoms with E-state index in [0.717, 1.165) is 61.8 Å². The standard InChI is InChI=1S/C30H43N7O2/c1-24(2)19-35-13-9-30(10-14-35)23-37(17-18-39-30)29(38)26-7-5-25(6-8-26)20-36(21-27-31-11-15-33(27)3)22-28-32-12-16-34(28)4/h5-8,11-12,15-16,24H,9-10,13-14,17-23H2,1-4H3. The number of hydrogen-bond donors (Lipinski definition) is 0. The second kappa shape index (κ2) is 12.0. The molecule has 0 saturated carbocycles. The average molecular weight is 534 g/mol. The fourth-order valence-corrected chi connectivity index (χ4v) is 5.84. The molecule has 0 N–H and O–H groups in total. The Morgan fingerprint density at radius 1 is 0.949 bits per heavy atom. The zero-order valence-corrected chi connectivity index (χ0v) is 23.9. The first kappa shape index (κ1) is 27.6. The number of likely N-dealkylation sites (tertiary alicyclic amines) is 1. The molecule has 210 valence electrons. The van der Waals surface area contributed by atoms with Crippen molar-refractivity contribution in [3.63, 3.8) is 0 Å². The number of benzene rings is 1. The van der Waals surface area contributed by atoms with Gasteiger partial charge in [-0.25, -0.2) is 9.97 Å². The normalized spacial score (nSPS) is 17.9. The number of rotatable bonds is 9. The highest BCUT2D eigenvalue weighted by Crippen LogP contribution is 2.31. The molecular weight excluding hydrogens is 490 g/mol. The molecule has 2 fully saturated rings. The monoisotopic (exact) mass is 533 g/mol. The van der Waals surface area contributed by atoms with Crippen LogP contribution in [0.5, 0.6) is 0 Å². The summed E-state index contributed by atoms with van der Waals surface area (Å²) in [6, 6.07) is 8.12. The van der Waals surface area contributed by atoms with Crippen molar-refractivity contribution in [2.45, 2.75) is 51.9 Å². The lowest BCUT2D eigenvalue weighted by Gasteiger charge is -2.47. The number of imidazole rings is 2. The molecule has 2 saturated heterocycles. The lowest BCUT2D eigenvalue weighted by Crippen LogP contribution is -2.58. The maximum atomic E-state index is 13.5. The van der Waals surface area contributed by atoms with E-state index in [0.29, 0.717) is 38.7 Å². The highest BCUT2D eigenvalue weighted by atomic mass is 16.5. The maximum absolute atomic E-state index is 13.5. The van der Waals surface area contributed by atoms with Crippen LogP contribution < -0.4 is 0 Å². The van der Waals surface area contributed by atoms with Crippen molar-refractivity contribution in [1.29, 1.82) is 0 Å². The lowest BCUT2D eigenvalue weighted by atomic mass is 9.88. The minimum Gasteiger partial charge on any atom is -0.371 e. The van der Waals surface area contributed by atoms with Crippen LogP contribution in [0.25, 0.3) is 0 Å². The zero-order chi connectivity index (χ0) is 27.4. The van der Waals surface area contributed by atoms with Crippen molar-refractivity contribution in [2.75, 3.05) is 39.3 Å². The summed E-state index contributed by atoms with van der Waals surface area (Å²) in [4.78, 5) is 29.4. The van der Waals surface area contributed by atoms with Crippen molar-refractivity contribution < 1.29 is 9.53 Å². The summed E-state index contributed by atoms with van der Waals surface area (Å²) in [5.74, 6) is 2.79. The first-order valence-electron chi connectivity index (χ1n) is 14.2. The third-order valence-corrected chi connectivity index (χ3v) is 8.11. The van der Waals surface area contributed by atoms with E-state index in [-0.39, 0.29) is 11.5 Å². The van der Waals surface area contributed by atoms with Gasteiger partial charge < -0.3 is 23.7 Å². The highest BCUT2D eigenvalue weighted by molar-refractivity contribution is 5.94. The number of piperidine rings is 1. The lowest BCUT2D eigenvalue weighted by molar-refractivity contribution is -0.127. The van der Waals surface area contributed by atoms with Gasteiger partial charge in [0.25, 0.3) is 5.91 Å². The molecule has 0 atom stereocenters. The quantitative estimate of drug-likeness (QED) is 0.420. The first-order valence-corrected chi connectivity index (χ1v) is 14.2. The Hall–Kier alpha value is -3.01. The Bertz CT molecular complexity index is 1180. The van der Waals surface area contributed by atoms with Gasteiger partial charge >= 0.3 is 0 Å². The largest absolute Gasteiger partial charge is 0.371 e. The summed E-state index contributed by atoms with van der Waals surface area (Å²) in [6.45, 7) is 11.9. The summed E-state index contributed by atoms with van der Waals surface area (Å²) in [5, 5.41) is 0. The third-order valence-electron chi connectivity index (χ3n) is 8.11. The van der Waals surface area contributed by atoms with Gasteiger partial charge in [-0.2, -0.15) is 0 Å². The van der Waals surface area contributed by atoms with E-state index in [9.17, 15) is 4.79 Å². The van der Waals surface area contributed by atoms with Gasteiger partial charge in [-0.15, -0.1) is 0 Å². The van der Waals surface area contributed by atoms with Gasteiger partial charge in [0.1, 0.15) is 11.6 Å². The number of aromatic nitrogens is 4. The van der Waals surface area contributed by atoms with E-state index >= 15 is 0 Å². The Balaban J connectivity index is 1.22. The SMILES string of the molecule is CC(C)CN1CCC2(CC1)CN(C(=O)c1ccc(CN(Cc3nccn3C)Cc3nccn3C)cc1)CCO2. The van der Waals surface area contributed by atoms with Crippen LogP contribution in [-0.2, 0) is 38.5 Å². The van der Waals surface area contributed by atoms with Gasteiger partial charge in [-0.1, -0.05) is 26.0 Å².